The van der Waals surface area contributed by atoms with Crippen molar-refractivity contribution in [2.45, 2.75) is 26.6 Å². The van der Waals surface area contributed by atoms with Crippen molar-refractivity contribution in [3.05, 3.63) is 93.0 Å². The molecule has 0 saturated heterocycles. The molecule has 0 bridgehead atoms. The lowest BCUT2D eigenvalue weighted by atomic mass is 10.1. The molecule has 0 unspecified atom stereocenters. The summed E-state index contributed by atoms with van der Waals surface area (Å²) in [4.78, 5) is 10.9. The number of carbonyl (C=O) groups is 1. The molecule has 0 fully saturated rings. The molecule has 6 heteroatoms. The Morgan fingerprint density at radius 2 is 1.73 bits per heavy atom. The fourth-order valence-corrected chi connectivity index (χ4v) is 3.66. The zero-order chi connectivity index (χ0) is 21.5. The maximum absolute atomic E-state index is 10.9. The lowest BCUT2D eigenvalue weighted by Gasteiger charge is -2.15. The minimum Gasteiger partial charge on any atom is -0.493 e. The van der Waals surface area contributed by atoms with Crippen molar-refractivity contribution in [1.29, 1.82) is 0 Å². The lowest BCUT2D eigenvalue weighted by Crippen LogP contribution is -2.13. The summed E-state index contributed by atoms with van der Waals surface area (Å²) in [5.74, 6) is 0.422. The summed E-state index contributed by atoms with van der Waals surface area (Å²) in [5, 5.41) is 12.3. The maximum Gasteiger partial charge on any atom is 0.335 e. The summed E-state index contributed by atoms with van der Waals surface area (Å²) in [6, 6.07) is 18.9. The van der Waals surface area contributed by atoms with Gasteiger partial charge < -0.3 is 19.9 Å². The van der Waals surface area contributed by atoms with Crippen molar-refractivity contribution in [2.75, 3.05) is 7.11 Å². The number of halogens is 1. The van der Waals surface area contributed by atoms with Crippen molar-refractivity contribution in [1.82, 2.24) is 5.32 Å². The summed E-state index contributed by atoms with van der Waals surface area (Å²) >= 11 is 3.60. The van der Waals surface area contributed by atoms with Crippen LogP contribution in [-0.4, -0.2) is 18.2 Å². The number of aryl methyl sites for hydroxylation is 1. The van der Waals surface area contributed by atoms with Crippen molar-refractivity contribution in [2.24, 2.45) is 0 Å². The first-order chi connectivity index (χ1) is 14.5. The zero-order valence-corrected chi connectivity index (χ0v) is 18.5. The highest BCUT2D eigenvalue weighted by Gasteiger charge is 2.12. The molecule has 0 atom stereocenters. The number of carboxylic acid groups (broad SMARTS) is 1. The van der Waals surface area contributed by atoms with Gasteiger partial charge in [0.2, 0.25) is 0 Å². The highest BCUT2D eigenvalue weighted by Crippen LogP contribution is 2.37. The maximum atomic E-state index is 10.9. The first-order valence-corrected chi connectivity index (χ1v) is 10.3. The van der Waals surface area contributed by atoms with Crippen LogP contribution in [0.25, 0.3) is 0 Å². The Hall–Kier alpha value is -2.83. The molecule has 3 aromatic rings. The average Bonchev–Trinajstić information content (AvgIpc) is 2.74. The Morgan fingerprint density at radius 3 is 2.40 bits per heavy atom. The summed E-state index contributed by atoms with van der Waals surface area (Å²) in [5.41, 5.74) is 4.66. The van der Waals surface area contributed by atoms with Crippen molar-refractivity contribution in [3.8, 4) is 11.5 Å². The van der Waals surface area contributed by atoms with Crippen LogP contribution >= 0.6 is 15.9 Å². The van der Waals surface area contributed by atoms with Crippen LogP contribution < -0.4 is 14.8 Å². The highest BCUT2D eigenvalue weighted by atomic mass is 79.9. The number of ether oxygens (including phenoxy) is 2. The monoisotopic (exact) mass is 469 g/mol. The molecule has 3 aromatic carbocycles. The lowest BCUT2D eigenvalue weighted by molar-refractivity contribution is 0.0697. The van der Waals surface area contributed by atoms with E-state index < -0.39 is 5.97 Å². The highest BCUT2D eigenvalue weighted by molar-refractivity contribution is 9.10. The van der Waals surface area contributed by atoms with Gasteiger partial charge in [0.15, 0.2) is 11.5 Å². The topological polar surface area (TPSA) is 67.8 Å². The first-order valence-electron chi connectivity index (χ1n) is 9.54. The van der Waals surface area contributed by atoms with Crippen molar-refractivity contribution >= 4 is 21.9 Å². The second kappa shape index (κ2) is 10.3. The van der Waals surface area contributed by atoms with Crippen LogP contribution in [0.2, 0.25) is 0 Å². The van der Waals surface area contributed by atoms with E-state index in [-0.39, 0.29) is 5.56 Å². The summed E-state index contributed by atoms with van der Waals surface area (Å²) < 4.78 is 12.4. The smallest absolute Gasteiger partial charge is 0.335 e. The van der Waals surface area contributed by atoms with E-state index >= 15 is 0 Å². The van der Waals surface area contributed by atoms with Gasteiger partial charge in [0.25, 0.3) is 0 Å². The molecule has 0 spiro atoms. The molecule has 0 aliphatic carbocycles. The Kier molecular flexibility index (Phi) is 7.49. The Balaban J connectivity index is 1.63. The minimum absolute atomic E-state index is 0.286. The molecular weight excluding hydrogens is 446 g/mol. The van der Waals surface area contributed by atoms with Gasteiger partial charge in [-0.15, -0.1) is 0 Å². The minimum atomic E-state index is -0.920. The summed E-state index contributed by atoms with van der Waals surface area (Å²) in [6.07, 6.45) is 0. The molecule has 3 rings (SSSR count). The standard InChI is InChI=1S/C24H24BrNO4/c1-16-5-3-4-6-20(16)15-30-23-21(25)11-18(12-22(23)29-2)14-26-13-17-7-9-19(10-8-17)24(27)28/h3-12,26H,13-15H2,1-2H3,(H,27,28). The van der Waals surface area contributed by atoms with E-state index in [0.717, 1.165) is 21.2 Å². The van der Waals surface area contributed by atoms with E-state index in [1.54, 1.807) is 19.2 Å². The molecule has 0 heterocycles. The van der Waals surface area contributed by atoms with Gasteiger partial charge in [-0.25, -0.2) is 4.79 Å². The van der Waals surface area contributed by atoms with Gasteiger partial charge in [-0.1, -0.05) is 36.4 Å². The Bertz CT molecular complexity index is 1020. The van der Waals surface area contributed by atoms with Gasteiger partial charge >= 0.3 is 5.97 Å². The van der Waals surface area contributed by atoms with Gasteiger partial charge in [-0.3, -0.25) is 0 Å². The van der Waals surface area contributed by atoms with Crippen LogP contribution in [0.3, 0.4) is 0 Å². The largest absolute Gasteiger partial charge is 0.493 e. The van der Waals surface area contributed by atoms with Crippen molar-refractivity contribution < 1.29 is 19.4 Å². The number of carboxylic acids is 1. The van der Waals surface area contributed by atoms with E-state index in [1.165, 1.54) is 5.56 Å². The predicted octanol–water partition coefficient (Wildman–Crippen LogP) is 5.33. The van der Waals surface area contributed by atoms with E-state index in [9.17, 15) is 4.79 Å². The first kappa shape index (κ1) is 21.9. The van der Waals surface area contributed by atoms with Crippen LogP contribution in [0, 0.1) is 6.92 Å². The SMILES string of the molecule is COc1cc(CNCc2ccc(C(=O)O)cc2)cc(Br)c1OCc1ccccc1C. The molecule has 0 aromatic heterocycles. The molecule has 0 saturated carbocycles. The van der Waals surface area contributed by atoms with E-state index in [0.29, 0.717) is 31.2 Å². The molecule has 0 amide bonds. The molecule has 5 nitrogen and oxygen atoms in total. The van der Waals surface area contributed by atoms with Gasteiger partial charge in [0.1, 0.15) is 6.61 Å². The second-order valence-corrected chi connectivity index (χ2v) is 7.78. The van der Waals surface area contributed by atoms with Crippen LogP contribution in [-0.2, 0) is 19.7 Å². The molecule has 0 aliphatic rings. The zero-order valence-electron chi connectivity index (χ0n) is 16.9. The van der Waals surface area contributed by atoms with Crippen molar-refractivity contribution in [3.63, 3.8) is 0 Å². The Labute approximate surface area is 184 Å². The predicted molar refractivity (Wildman–Crippen MR) is 120 cm³/mol. The third-order valence-electron chi connectivity index (χ3n) is 4.78. The van der Waals surface area contributed by atoms with E-state index in [2.05, 4.69) is 40.3 Å². The van der Waals surface area contributed by atoms with Crippen LogP contribution in [0.5, 0.6) is 11.5 Å². The van der Waals surface area contributed by atoms with Gasteiger partial charge in [-0.05, 0) is 69.4 Å². The number of methoxy groups -OCH3 is 1. The third kappa shape index (κ3) is 5.62. The average molecular weight is 470 g/mol. The quantitative estimate of drug-likeness (QED) is 0.443. The number of hydrogen-bond donors (Lipinski definition) is 2. The van der Waals surface area contributed by atoms with Gasteiger partial charge in [0, 0.05) is 13.1 Å². The van der Waals surface area contributed by atoms with Crippen LogP contribution in [0.1, 0.15) is 32.6 Å². The summed E-state index contributed by atoms with van der Waals surface area (Å²) in [7, 11) is 1.63. The number of benzene rings is 3. The molecule has 0 aliphatic heterocycles. The van der Waals surface area contributed by atoms with Gasteiger partial charge in [0.05, 0.1) is 17.1 Å². The number of rotatable bonds is 9. The Morgan fingerprint density at radius 1 is 1.03 bits per heavy atom. The van der Waals surface area contributed by atoms with E-state index in [1.807, 2.05) is 36.4 Å². The summed E-state index contributed by atoms with van der Waals surface area (Å²) in [6.45, 7) is 3.79. The van der Waals surface area contributed by atoms with Crippen LogP contribution in [0.4, 0.5) is 0 Å². The molecule has 0 radical (unpaired) electrons. The fraction of sp³-hybridized carbons (Fsp3) is 0.208. The second-order valence-electron chi connectivity index (χ2n) is 6.93. The van der Waals surface area contributed by atoms with Gasteiger partial charge in [-0.2, -0.15) is 0 Å². The number of nitrogens with one attached hydrogen (secondary N) is 1. The van der Waals surface area contributed by atoms with Crippen LogP contribution in [0.15, 0.2) is 65.1 Å². The fourth-order valence-electron chi connectivity index (χ4n) is 3.05. The molecular formula is C24H24BrNO4. The number of hydrogen-bond acceptors (Lipinski definition) is 4. The third-order valence-corrected chi connectivity index (χ3v) is 5.37. The normalized spacial score (nSPS) is 10.6. The molecule has 30 heavy (non-hydrogen) atoms. The molecule has 2 N–H and O–H groups in total. The number of aromatic carboxylic acids is 1. The van der Waals surface area contributed by atoms with E-state index in [4.69, 9.17) is 14.6 Å². The molecule has 156 valence electrons.